The molecule has 0 bridgehead atoms. The van der Waals surface area contributed by atoms with Gasteiger partial charge in [-0.2, -0.15) is 0 Å². The second kappa shape index (κ2) is 6.51. The normalized spacial score (nSPS) is 25.7. The molecule has 0 aromatic carbocycles. The summed E-state index contributed by atoms with van der Waals surface area (Å²) in [5, 5.41) is 9.75. The number of rotatable bonds is 5. The zero-order valence-electron chi connectivity index (χ0n) is 13.3. The summed E-state index contributed by atoms with van der Waals surface area (Å²) in [7, 11) is -1.89. The highest BCUT2D eigenvalue weighted by Gasteiger charge is 2.47. The van der Waals surface area contributed by atoms with Crippen LogP contribution in [0.2, 0.25) is 16.6 Å². The molecule has 0 spiro atoms. The van der Waals surface area contributed by atoms with E-state index in [-0.39, 0.29) is 11.9 Å². The summed E-state index contributed by atoms with van der Waals surface area (Å²) in [5.41, 5.74) is 1.63. The van der Waals surface area contributed by atoms with E-state index in [1.165, 1.54) is 0 Å². The zero-order chi connectivity index (χ0) is 14.8. The van der Waals surface area contributed by atoms with Gasteiger partial charge in [-0.15, -0.1) is 0 Å². The summed E-state index contributed by atoms with van der Waals surface area (Å²) in [6.45, 7) is 13.6. The van der Waals surface area contributed by atoms with Crippen molar-refractivity contribution in [3.05, 3.63) is 0 Å². The van der Waals surface area contributed by atoms with Crippen molar-refractivity contribution in [2.24, 2.45) is 0 Å². The molecule has 3 nitrogen and oxygen atoms in total. The van der Waals surface area contributed by atoms with Gasteiger partial charge in [0.15, 0.2) is 5.78 Å². The zero-order valence-corrected chi connectivity index (χ0v) is 14.3. The van der Waals surface area contributed by atoms with Crippen LogP contribution in [-0.2, 0) is 9.22 Å². The number of hydrogen-bond donors (Lipinski definition) is 1. The SMILES string of the molecule is CC(C)[Si](O[C@@H]1CCC(=O)[C@@H](O)C1)(C(C)C)C(C)C. The standard InChI is InChI=1S/C15H30O3Si/c1-10(2)19(11(3)4,12(5)6)18-13-7-8-14(16)15(17)9-13/h10-13,15,17H,7-9H2,1-6H3/t13-,15+/m1/s1. The van der Waals surface area contributed by atoms with E-state index >= 15 is 0 Å². The molecular weight excluding hydrogens is 256 g/mol. The summed E-state index contributed by atoms with van der Waals surface area (Å²) in [6.07, 6.45) is 0.977. The maximum atomic E-state index is 11.4. The Morgan fingerprint density at radius 2 is 1.58 bits per heavy atom. The Bertz CT molecular complexity index is 291. The van der Waals surface area contributed by atoms with Crippen LogP contribution in [0.3, 0.4) is 0 Å². The number of aliphatic hydroxyl groups is 1. The highest BCUT2D eigenvalue weighted by molar-refractivity contribution is 6.77. The highest BCUT2D eigenvalue weighted by Crippen LogP contribution is 2.44. The smallest absolute Gasteiger partial charge is 0.200 e. The number of carbonyl (C=O) groups excluding carboxylic acids is 1. The summed E-state index contributed by atoms with van der Waals surface area (Å²) in [5.74, 6) is -0.0224. The van der Waals surface area contributed by atoms with Crippen LogP contribution < -0.4 is 0 Å². The van der Waals surface area contributed by atoms with Crippen molar-refractivity contribution in [2.45, 2.75) is 89.6 Å². The monoisotopic (exact) mass is 286 g/mol. The quantitative estimate of drug-likeness (QED) is 0.785. The fraction of sp³-hybridized carbons (Fsp3) is 0.933. The molecule has 1 aliphatic carbocycles. The molecule has 0 amide bonds. The van der Waals surface area contributed by atoms with Gasteiger partial charge in [-0.25, -0.2) is 0 Å². The molecule has 2 atom stereocenters. The van der Waals surface area contributed by atoms with E-state index in [1.54, 1.807) is 0 Å². The first-order chi connectivity index (χ1) is 8.71. The van der Waals surface area contributed by atoms with Crippen LogP contribution >= 0.6 is 0 Å². The van der Waals surface area contributed by atoms with Gasteiger partial charge in [-0.3, -0.25) is 4.79 Å². The molecule has 0 saturated heterocycles. The first kappa shape index (κ1) is 16.9. The van der Waals surface area contributed by atoms with Crippen LogP contribution in [0.4, 0.5) is 0 Å². The van der Waals surface area contributed by atoms with Crippen LogP contribution in [0.5, 0.6) is 0 Å². The lowest BCUT2D eigenvalue weighted by Gasteiger charge is -2.45. The minimum Gasteiger partial charge on any atom is -0.413 e. The molecule has 4 heteroatoms. The molecule has 0 unspecified atom stereocenters. The molecule has 0 aromatic rings. The maximum absolute atomic E-state index is 11.4. The number of Topliss-reactive ketones (excluding diaryl/α,β-unsaturated/α-hetero) is 1. The largest absolute Gasteiger partial charge is 0.413 e. The molecule has 1 N–H and O–H groups in total. The minimum atomic E-state index is -1.89. The predicted molar refractivity (Wildman–Crippen MR) is 80.8 cm³/mol. The van der Waals surface area contributed by atoms with E-state index in [4.69, 9.17) is 4.43 Å². The minimum absolute atomic E-state index is 0.0224. The van der Waals surface area contributed by atoms with E-state index in [0.717, 1.165) is 6.42 Å². The van der Waals surface area contributed by atoms with Crippen molar-refractivity contribution in [3.8, 4) is 0 Å². The second-order valence-electron chi connectivity index (χ2n) is 6.81. The average molecular weight is 286 g/mol. The third-order valence-corrected chi connectivity index (χ3v) is 10.8. The van der Waals surface area contributed by atoms with Gasteiger partial charge in [-0.05, 0) is 23.0 Å². The van der Waals surface area contributed by atoms with Crippen molar-refractivity contribution in [1.82, 2.24) is 0 Å². The molecule has 0 aliphatic heterocycles. The van der Waals surface area contributed by atoms with Gasteiger partial charge in [0.05, 0.1) is 0 Å². The second-order valence-corrected chi connectivity index (χ2v) is 12.2. The van der Waals surface area contributed by atoms with Crippen molar-refractivity contribution < 1.29 is 14.3 Å². The van der Waals surface area contributed by atoms with Crippen molar-refractivity contribution >= 4 is 14.1 Å². The van der Waals surface area contributed by atoms with Gasteiger partial charge in [0.2, 0.25) is 8.32 Å². The maximum Gasteiger partial charge on any atom is 0.200 e. The van der Waals surface area contributed by atoms with E-state index in [0.29, 0.717) is 29.5 Å². The number of hydrogen-bond acceptors (Lipinski definition) is 3. The topological polar surface area (TPSA) is 46.5 Å². The third-order valence-electron chi connectivity index (χ3n) is 4.65. The lowest BCUT2D eigenvalue weighted by atomic mass is 9.94. The number of aliphatic hydroxyl groups excluding tert-OH is 1. The van der Waals surface area contributed by atoms with E-state index in [2.05, 4.69) is 41.5 Å². The lowest BCUT2D eigenvalue weighted by molar-refractivity contribution is -0.132. The van der Waals surface area contributed by atoms with Crippen LogP contribution in [0.15, 0.2) is 0 Å². The van der Waals surface area contributed by atoms with Crippen LogP contribution in [0.25, 0.3) is 0 Å². The predicted octanol–water partition coefficient (Wildman–Crippen LogP) is 3.66. The van der Waals surface area contributed by atoms with E-state index in [1.807, 2.05) is 0 Å². The van der Waals surface area contributed by atoms with E-state index in [9.17, 15) is 9.90 Å². The Morgan fingerprint density at radius 3 is 1.95 bits per heavy atom. The van der Waals surface area contributed by atoms with Crippen LogP contribution in [0, 0.1) is 0 Å². The lowest BCUT2D eigenvalue weighted by Crippen LogP contribution is -2.51. The molecule has 19 heavy (non-hydrogen) atoms. The van der Waals surface area contributed by atoms with Gasteiger partial charge in [0, 0.05) is 18.9 Å². The Hall–Kier alpha value is -0.193. The molecule has 1 aliphatic rings. The van der Waals surface area contributed by atoms with Crippen LogP contribution in [-0.4, -0.2) is 31.4 Å². The van der Waals surface area contributed by atoms with Gasteiger partial charge in [-0.1, -0.05) is 41.5 Å². The fourth-order valence-corrected chi connectivity index (χ4v) is 9.38. The van der Waals surface area contributed by atoms with Gasteiger partial charge in [0.1, 0.15) is 6.10 Å². The van der Waals surface area contributed by atoms with Gasteiger partial charge >= 0.3 is 0 Å². The molecule has 1 fully saturated rings. The molecule has 1 rings (SSSR count). The van der Waals surface area contributed by atoms with Crippen molar-refractivity contribution in [2.75, 3.05) is 0 Å². The first-order valence-corrected chi connectivity index (χ1v) is 9.74. The van der Waals surface area contributed by atoms with Crippen molar-refractivity contribution in [3.63, 3.8) is 0 Å². The van der Waals surface area contributed by atoms with Gasteiger partial charge in [0.25, 0.3) is 0 Å². The summed E-state index contributed by atoms with van der Waals surface area (Å²) >= 11 is 0. The Kier molecular flexibility index (Phi) is 5.77. The molecule has 0 aromatic heterocycles. The fourth-order valence-electron chi connectivity index (χ4n) is 3.77. The molecular formula is C15H30O3Si. The van der Waals surface area contributed by atoms with E-state index < -0.39 is 14.4 Å². The molecule has 0 radical (unpaired) electrons. The number of ketones is 1. The Labute approximate surface area is 118 Å². The Balaban J connectivity index is 2.87. The average Bonchev–Trinajstić information content (AvgIpc) is 2.29. The van der Waals surface area contributed by atoms with Gasteiger partial charge < -0.3 is 9.53 Å². The molecule has 112 valence electrons. The first-order valence-electron chi connectivity index (χ1n) is 7.60. The highest BCUT2D eigenvalue weighted by atomic mass is 28.4. The third kappa shape index (κ3) is 3.47. The summed E-state index contributed by atoms with van der Waals surface area (Å²) in [6, 6.07) is 0. The molecule has 1 saturated carbocycles. The summed E-state index contributed by atoms with van der Waals surface area (Å²) in [4.78, 5) is 11.4. The molecule has 0 heterocycles. The summed E-state index contributed by atoms with van der Waals surface area (Å²) < 4.78 is 6.61. The van der Waals surface area contributed by atoms with Crippen molar-refractivity contribution in [1.29, 1.82) is 0 Å². The Morgan fingerprint density at radius 1 is 1.11 bits per heavy atom. The van der Waals surface area contributed by atoms with Crippen LogP contribution in [0.1, 0.15) is 60.8 Å². The number of carbonyl (C=O) groups is 1.